The van der Waals surface area contributed by atoms with Gasteiger partial charge in [-0.25, -0.2) is 4.98 Å². The normalized spacial score (nSPS) is 10.9. The lowest BCUT2D eigenvalue weighted by Gasteiger charge is -2.06. The minimum absolute atomic E-state index is 0.0704. The molecule has 0 saturated heterocycles. The lowest BCUT2D eigenvalue weighted by molar-refractivity contribution is -0.120. The second-order valence-corrected chi connectivity index (χ2v) is 5.36. The van der Waals surface area contributed by atoms with E-state index >= 15 is 0 Å². The fourth-order valence-corrected chi connectivity index (χ4v) is 2.71. The number of carbonyl (C=O) groups excluding carboxylic acids is 1. The van der Waals surface area contributed by atoms with E-state index < -0.39 is 0 Å². The highest BCUT2D eigenvalue weighted by Gasteiger charge is 2.07. The predicted octanol–water partition coefficient (Wildman–Crippen LogP) is 3.04. The molecule has 0 aliphatic carbocycles. The average molecular weight is 301 g/mol. The topological polar surface area (TPSA) is 55.6 Å². The summed E-state index contributed by atoms with van der Waals surface area (Å²) in [6.45, 7) is 2.46. The molecule has 0 unspecified atom stereocenters. The largest absolute Gasteiger partial charge is 0.372 e. The van der Waals surface area contributed by atoms with Gasteiger partial charge in [0.2, 0.25) is 5.91 Å². The Bertz CT molecular complexity index is 734. The van der Waals surface area contributed by atoms with Crippen LogP contribution >= 0.6 is 11.3 Å². The molecule has 0 aliphatic heterocycles. The molecule has 6 heteroatoms. The number of hydrogen-bond acceptors (Lipinski definition) is 4. The Hall–Kier alpha value is -2.18. The molecule has 21 heavy (non-hydrogen) atoms. The van der Waals surface area contributed by atoms with Gasteiger partial charge < -0.3 is 10.1 Å². The van der Waals surface area contributed by atoms with Crippen LogP contribution in [0.2, 0.25) is 0 Å². The van der Waals surface area contributed by atoms with Gasteiger partial charge in [-0.3, -0.25) is 9.20 Å². The van der Waals surface area contributed by atoms with Crippen LogP contribution in [-0.2, 0) is 9.53 Å². The first-order chi connectivity index (χ1) is 10.3. The first kappa shape index (κ1) is 13.8. The van der Waals surface area contributed by atoms with Crippen LogP contribution in [-0.4, -0.2) is 28.5 Å². The molecule has 0 aliphatic rings. The van der Waals surface area contributed by atoms with E-state index in [4.69, 9.17) is 4.74 Å². The van der Waals surface area contributed by atoms with Gasteiger partial charge >= 0.3 is 0 Å². The maximum Gasteiger partial charge on any atom is 0.250 e. The first-order valence-electron chi connectivity index (χ1n) is 6.66. The molecule has 1 amide bonds. The third-order valence-corrected chi connectivity index (χ3v) is 3.74. The summed E-state index contributed by atoms with van der Waals surface area (Å²) in [6.07, 6.45) is 3.96. The Morgan fingerprint density at radius 1 is 1.48 bits per heavy atom. The van der Waals surface area contributed by atoms with Gasteiger partial charge in [0.15, 0.2) is 4.96 Å². The van der Waals surface area contributed by atoms with Crippen molar-refractivity contribution in [3.63, 3.8) is 0 Å². The van der Waals surface area contributed by atoms with E-state index in [0.717, 1.165) is 21.9 Å². The van der Waals surface area contributed by atoms with Crippen molar-refractivity contribution >= 4 is 27.9 Å². The zero-order valence-electron chi connectivity index (χ0n) is 11.6. The molecule has 0 spiro atoms. The number of nitrogens with one attached hydrogen (secondary N) is 1. The zero-order valence-corrected chi connectivity index (χ0v) is 12.4. The number of hydrogen-bond donors (Lipinski definition) is 1. The first-order valence-corrected chi connectivity index (χ1v) is 7.54. The molecule has 5 nitrogen and oxygen atoms in total. The summed E-state index contributed by atoms with van der Waals surface area (Å²) in [5.41, 5.74) is 2.61. The van der Waals surface area contributed by atoms with Crippen molar-refractivity contribution in [3.05, 3.63) is 42.0 Å². The Morgan fingerprint density at radius 3 is 3.19 bits per heavy atom. The summed E-state index contributed by atoms with van der Waals surface area (Å²) >= 11 is 1.59. The van der Waals surface area contributed by atoms with Gasteiger partial charge in [0, 0.05) is 35.6 Å². The van der Waals surface area contributed by atoms with Crippen LogP contribution in [0.3, 0.4) is 0 Å². The average Bonchev–Trinajstić information content (AvgIpc) is 3.06. The lowest BCUT2D eigenvalue weighted by atomic mass is 10.1. The van der Waals surface area contributed by atoms with Crippen LogP contribution in [0.4, 0.5) is 5.69 Å². The SMILES string of the molecule is CCOCC(=O)Nc1cccc(-c2cn3ccsc3n2)c1. The van der Waals surface area contributed by atoms with Crippen LogP contribution in [0, 0.1) is 0 Å². The second-order valence-electron chi connectivity index (χ2n) is 4.49. The van der Waals surface area contributed by atoms with Crippen molar-refractivity contribution in [1.29, 1.82) is 0 Å². The highest BCUT2D eigenvalue weighted by Crippen LogP contribution is 2.23. The summed E-state index contributed by atoms with van der Waals surface area (Å²) in [5.74, 6) is -0.153. The van der Waals surface area contributed by atoms with Gasteiger partial charge in [-0.15, -0.1) is 11.3 Å². The monoisotopic (exact) mass is 301 g/mol. The minimum atomic E-state index is -0.153. The second kappa shape index (κ2) is 6.07. The predicted molar refractivity (Wildman–Crippen MR) is 83.6 cm³/mol. The number of carbonyl (C=O) groups is 1. The molecule has 0 fully saturated rings. The van der Waals surface area contributed by atoms with Gasteiger partial charge in [-0.1, -0.05) is 12.1 Å². The molecule has 3 aromatic rings. The van der Waals surface area contributed by atoms with Gasteiger partial charge in [0.1, 0.15) is 6.61 Å². The van der Waals surface area contributed by atoms with Gasteiger partial charge in [-0.05, 0) is 19.1 Å². The number of rotatable bonds is 5. The molecule has 2 heterocycles. The number of nitrogens with zero attached hydrogens (tertiary/aromatic N) is 2. The fourth-order valence-electron chi connectivity index (χ4n) is 2.01. The van der Waals surface area contributed by atoms with E-state index in [-0.39, 0.29) is 12.5 Å². The molecule has 0 atom stereocenters. The van der Waals surface area contributed by atoms with Crippen LogP contribution in [0.1, 0.15) is 6.92 Å². The highest BCUT2D eigenvalue weighted by molar-refractivity contribution is 7.15. The summed E-state index contributed by atoms with van der Waals surface area (Å²) in [6, 6.07) is 7.64. The van der Waals surface area contributed by atoms with Crippen molar-refractivity contribution < 1.29 is 9.53 Å². The summed E-state index contributed by atoms with van der Waals surface area (Å²) in [7, 11) is 0. The van der Waals surface area contributed by atoms with E-state index in [0.29, 0.717) is 6.61 Å². The van der Waals surface area contributed by atoms with E-state index in [9.17, 15) is 4.79 Å². The number of thiazole rings is 1. The van der Waals surface area contributed by atoms with E-state index in [1.54, 1.807) is 11.3 Å². The number of fused-ring (bicyclic) bond motifs is 1. The van der Waals surface area contributed by atoms with Crippen molar-refractivity contribution in [2.75, 3.05) is 18.5 Å². The molecule has 0 saturated carbocycles. The maximum absolute atomic E-state index is 11.7. The molecule has 108 valence electrons. The van der Waals surface area contributed by atoms with Crippen LogP contribution in [0.5, 0.6) is 0 Å². The quantitative estimate of drug-likeness (QED) is 0.788. The third-order valence-electron chi connectivity index (χ3n) is 2.97. The molecule has 2 aromatic heterocycles. The Labute approximate surface area is 126 Å². The Morgan fingerprint density at radius 2 is 2.38 bits per heavy atom. The van der Waals surface area contributed by atoms with Gasteiger partial charge in [-0.2, -0.15) is 0 Å². The maximum atomic E-state index is 11.7. The highest BCUT2D eigenvalue weighted by atomic mass is 32.1. The number of ether oxygens (including phenoxy) is 1. The van der Waals surface area contributed by atoms with E-state index in [2.05, 4.69) is 10.3 Å². The number of aromatic nitrogens is 2. The molecule has 0 bridgehead atoms. The van der Waals surface area contributed by atoms with Crippen molar-refractivity contribution in [1.82, 2.24) is 9.38 Å². The summed E-state index contributed by atoms with van der Waals surface area (Å²) in [5, 5.41) is 4.82. The number of anilines is 1. The molecule has 3 rings (SSSR count). The fraction of sp³-hybridized carbons (Fsp3) is 0.200. The Kier molecular flexibility index (Phi) is 3.98. The van der Waals surface area contributed by atoms with Crippen molar-refractivity contribution in [2.45, 2.75) is 6.92 Å². The Balaban J connectivity index is 1.79. The van der Waals surface area contributed by atoms with E-state index in [1.165, 1.54) is 0 Å². The zero-order chi connectivity index (χ0) is 14.7. The minimum Gasteiger partial charge on any atom is -0.372 e. The number of imidazole rings is 1. The van der Waals surface area contributed by atoms with Crippen LogP contribution in [0.15, 0.2) is 42.0 Å². The molecular weight excluding hydrogens is 286 g/mol. The summed E-state index contributed by atoms with van der Waals surface area (Å²) < 4.78 is 7.07. The third kappa shape index (κ3) is 3.12. The van der Waals surface area contributed by atoms with Crippen molar-refractivity contribution in [2.24, 2.45) is 0 Å². The molecule has 1 N–H and O–H groups in total. The smallest absolute Gasteiger partial charge is 0.250 e. The summed E-state index contributed by atoms with van der Waals surface area (Å²) in [4.78, 5) is 17.2. The van der Waals surface area contributed by atoms with Gasteiger partial charge in [0.05, 0.1) is 5.69 Å². The number of amides is 1. The van der Waals surface area contributed by atoms with Crippen molar-refractivity contribution in [3.8, 4) is 11.3 Å². The van der Waals surface area contributed by atoms with Crippen LogP contribution < -0.4 is 5.32 Å². The standard InChI is InChI=1S/C15H15N3O2S/c1-2-20-10-14(19)16-12-5-3-4-11(8-12)13-9-18-6-7-21-15(18)17-13/h3-9H,2,10H2,1H3,(H,16,19). The number of benzene rings is 1. The lowest BCUT2D eigenvalue weighted by Crippen LogP contribution is -2.18. The molecule has 1 aromatic carbocycles. The van der Waals surface area contributed by atoms with Crippen LogP contribution in [0.25, 0.3) is 16.2 Å². The molecular formula is C15H15N3O2S. The molecule has 0 radical (unpaired) electrons. The van der Waals surface area contributed by atoms with E-state index in [1.807, 2.05) is 53.4 Å². The van der Waals surface area contributed by atoms with Gasteiger partial charge in [0.25, 0.3) is 0 Å².